The minimum absolute atomic E-state index is 0.0322. The summed E-state index contributed by atoms with van der Waals surface area (Å²) in [4.78, 5) is 13.8. The van der Waals surface area contributed by atoms with Crippen LogP contribution < -0.4 is 0 Å². The fourth-order valence-corrected chi connectivity index (χ4v) is 15.2. The summed E-state index contributed by atoms with van der Waals surface area (Å²) in [6, 6.07) is 0. The Morgan fingerprint density at radius 2 is 1.65 bits per heavy atom. The number of aliphatic hydroxyl groups excluding tert-OH is 3. The Hall–Kier alpha value is -1.27. The number of aliphatic hydroxyl groups is 4. The zero-order valence-electron chi connectivity index (χ0n) is 28.7. The fraction of sp³-hybridized carbons (Fsp3) is 0.829. The van der Waals surface area contributed by atoms with Crippen LogP contribution in [0.1, 0.15) is 118 Å². The lowest BCUT2D eigenvalue weighted by molar-refractivity contribution is -0.168. The number of ketones is 1. The van der Waals surface area contributed by atoms with E-state index in [1.807, 2.05) is 6.08 Å². The average Bonchev–Trinajstić information content (AvgIpc) is 3.22. The molecule has 15 atom stereocenters. The molecule has 0 amide bonds. The molecule has 0 aromatic carbocycles. The lowest BCUT2D eigenvalue weighted by Crippen LogP contribution is -2.64. The Balaban J connectivity index is 1.17. The van der Waals surface area contributed by atoms with Gasteiger partial charge >= 0.3 is 0 Å². The van der Waals surface area contributed by atoms with E-state index < -0.39 is 34.7 Å². The van der Waals surface area contributed by atoms with Gasteiger partial charge < -0.3 is 20.4 Å². The van der Waals surface area contributed by atoms with Gasteiger partial charge in [-0.1, -0.05) is 56.4 Å². The van der Waals surface area contributed by atoms with E-state index in [-0.39, 0.29) is 35.4 Å². The van der Waals surface area contributed by atoms with Gasteiger partial charge in [0.05, 0.1) is 23.9 Å². The minimum Gasteiger partial charge on any atom is -0.392 e. The summed E-state index contributed by atoms with van der Waals surface area (Å²) in [7, 11) is 0. The highest BCUT2D eigenvalue weighted by Crippen LogP contribution is 2.74. The Kier molecular flexibility index (Phi) is 6.78. The highest BCUT2D eigenvalue weighted by atomic mass is 16.3. The van der Waals surface area contributed by atoms with E-state index in [0.717, 1.165) is 31.3 Å². The second kappa shape index (κ2) is 10.1. The van der Waals surface area contributed by atoms with Gasteiger partial charge in [0.2, 0.25) is 0 Å². The van der Waals surface area contributed by atoms with Gasteiger partial charge in [0, 0.05) is 23.2 Å². The molecule has 15 unspecified atom stereocenters. The van der Waals surface area contributed by atoms with Crippen molar-refractivity contribution in [2.24, 2.45) is 70.0 Å². The molecule has 0 spiro atoms. The third-order valence-electron chi connectivity index (χ3n) is 17.0. The number of hydrogen-bond donors (Lipinski definition) is 4. The Labute approximate surface area is 276 Å². The molecule has 4 N–H and O–H groups in total. The maximum atomic E-state index is 13.8. The van der Waals surface area contributed by atoms with Crippen molar-refractivity contribution in [2.75, 3.05) is 0 Å². The molecule has 6 saturated carbocycles. The molecule has 252 valence electrons. The van der Waals surface area contributed by atoms with Crippen molar-refractivity contribution in [1.82, 2.24) is 0 Å². The van der Waals surface area contributed by atoms with E-state index in [1.165, 1.54) is 44.9 Å². The molecule has 5 nitrogen and oxygen atoms in total. The van der Waals surface area contributed by atoms with Crippen molar-refractivity contribution in [2.45, 2.75) is 141 Å². The Morgan fingerprint density at radius 1 is 0.870 bits per heavy atom. The maximum absolute atomic E-state index is 13.8. The number of rotatable bonds is 1. The molecule has 0 aromatic heterocycles. The summed E-state index contributed by atoms with van der Waals surface area (Å²) < 4.78 is 0. The van der Waals surface area contributed by atoms with E-state index in [4.69, 9.17) is 0 Å². The van der Waals surface area contributed by atoms with E-state index in [1.54, 1.807) is 22.3 Å². The van der Waals surface area contributed by atoms with Gasteiger partial charge in [-0.3, -0.25) is 4.79 Å². The predicted molar refractivity (Wildman–Crippen MR) is 177 cm³/mol. The van der Waals surface area contributed by atoms with Crippen molar-refractivity contribution >= 4 is 5.78 Å². The number of carbonyl (C=O) groups excluding carboxylic acids is 1. The minimum atomic E-state index is -1.07. The van der Waals surface area contributed by atoms with Crippen LogP contribution in [-0.4, -0.2) is 50.1 Å². The van der Waals surface area contributed by atoms with Crippen LogP contribution in [0.5, 0.6) is 0 Å². The molecule has 0 aliphatic heterocycles. The van der Waals surface area contributed by atoms with Gasteiger partial charge in [0.15, 0.2) is 5.78 Å². The van der Waals surface area contributed by atoms with Crippen molar-refractivity contribution in [3.05, 3.63) is 33.9 Å². The van der Waals surface area contributed by atoms with Crippen molar-refractivity contribution in [3.63, 3.8) is 0 Å². The first-order chi connectivity index (χ1) is 21.9. The molecule has 0 radical (unpaired) electrons. The van der Waals surface area contributed by atoms with Gasteiger partial charge in [0.1, 0.15) is 0 Å². The number of hydrogen-bond acceptors (Lipinski definition) is 5. The van der Waals surface area contributed by atoms with Gasteiger partial charge in [0.25, 0.3) is 0 Å². The molecular weight excluding hydrogens is 572 g/mol. The molecule has 9 aliphatic carbocycles. The van der Waals surface area contributed by atoms with Crippen molar-refractivity contribution < 1.29 is 25.2 Å². The van der Waals surface area contributed by atoms with Crippen LogP contribution in [0.3, 0.4) is 0 Å². The lowest BCUT2D eigenvalue weighted by atomic mass is 9.42. The van der Waals surface area contributed by atoms with Crippen LogP contribution in [-0.2, 0) is 4.79 Å². The second-order valence-corrected chi connectivity index (χ2v) is 18.6. The van der Waals surface area contributed by atoms with Crippen LogP contribution in [0.4, 0.5) is 0 Å². The van der Waals surface area contributed by atoms with Crippen LogP contribution in [0.15, 0.2) is 33.9 Å². The van der Waals surface area contributed by atoms with Crippen LogP contribution in [0.25, 0.3) is 0 Å². The third-order valence-corrected chi connectivity index (χ3v) is 17.0. The predicted octanol–water partition coefficient (Wildman–Crippen LogP) is 6.69. The average molecular weight is 631 g/mol. The Bertz CT molecular complexity index is 1440. The highest BCUT2D eigenvalue weighted by molar-refractivity contribution is 5.95. The maximum Gasteiger partial charge on any atom is 0.159 e. The van der Waals surface area contributed by atoms with Gasteiger partial charge in [-0.05, 0) is 142 Å². The van der Waals surface area contributed by atoms with Crippen molar-refractivity contribution in [1.29, 1.82) is 0 Å². The number of carbonyl (C=O) groups is 1. The number of fused-ring (bicyclic) bond motifs is 9. The summed E-state index contributed by atoms with van der Waals surface area (Å²) in [6.45, 7) is 9.27. The molecule has 0 saturated heterocycles. The zero-order chi connectivity index (χ0) is 32.1. The molecule has 9 aliphatic rings. The zero-order valence-corrected chi connectivity index (χ0v) is 28.7. The van der Waals surface area contributed by atoms with Crippen molar-refractivity contribution in [3.8, 4) is 0 Å². The largest absolute Gasteiger partial charge is 0.392 e. The van der Waals surface area contributed by atoms with E-state index >= 15 is 0 Å². The van der Waals surface area contributed by atoms with E-state index in [0.29, 0.717) is 48.9 Å². The standard InChI is InChI=1S/C41H58O5/c1-20(2)34-23-9-6-5-8-22(23)24-10-7-11-25-26-13-12-21-16-28-29(17-31(42)30-18-32(43)33(44)19-39(28,30)3)41(46)15-14-27(40(21,41)4)36(26)38(45)37(34)35(24)25/h17,20-22,25-28,30,32-33,36-38,43-46H,5-16,18-19H2,1-4H3. The summed E-state index contributed by atoms with van der Waals surface area (Å²) >= 11 is 0. The smallest absolute Gasteiger partial charge is 0.159 e. The fourth-order valence-electron chi connectivity index (χ4n) is 15.2. The molecule has 0 aromatic rings. The van der Waals surface area contributed by atoms with Gasteiger partial charge in [-0.15, -0.1) is 0 Å². The van der Waals surface area contributed by atoms with Gasteiger partial charge in [-0.25, -0.2) is 0 Å². The summed E-state index contributed by atoms with van der Waals surface area (Å²) in [6.07, 6.45) is 14.0. The molecule has 6 fully saturated rings. The first kappa shape index (κ1) is 30.8. The molecule has 5 heteroatoms. The monoisotopic (exact) mass is 630 g/mol. The molecular formula is C41H58O5. The first-order valence-electron chi connectivity index (χ1n) is 19.4. The summed E-state index contributed by atoms with van der Waals surface area (Å²) in [5.41, 5.74) is 5.70. The second-order valence-electron chi connectivity index (χ2n) is 18.6. The molecule has 9 rings (SSSR count). The first-order valence-corrected chi connectivity index (χ1v) is 19.4. The summed E-state index contributed by atoms with van der Waals surface area (Å²) in [5, 5.41) is 47.6. The van der Waals surface area contributed by atoms with E-state index in [2.05, 4.69) is 27.7 Å². The quantitative estimate of drug-likeness (QED) is 0.242. The normalized spacial score (nSPS) is 54.2. The SMILES string of the molecule is CC(C)C1=C2CCCCC2C2=C3C(CCC2)C2CCC4CC5C(=CC(=O)C6CC(O)C(O)CC65C)C5(O)CCC(C2C(O)C13)C45C. The number of allylic oxidation sites excluding steroid dienone is 3. The molecule has 46 heavy (non-hydrogen) atoms. The van der Waals surface area contributed by atoms with Crippen LogP contribution >= 0.6 is 0 Å². The molecule has 0 bridgehead atoms. The summed E-state index contributed by atoms with van der Waals surface area (Å²) in [5.74, 6) is 2.69. The Morgan fingerprint density at radius 3 is 2.43 bits per heavy atom. The lowest BCUT2D eigenvalue weighted by Gasteiger charge is -2.63. The topological polar surface area (TPSA) is 98.0 Å². The third kappa shape index (κ3) is 3.65. The molecule has 0 heterocycles. The van der Waals surface area contributed by atoms with Crippen LogP contribution in [0.2, 0.25) is 0 Å². The highest BCUT2D eigenvalue weighted by Gasteiger charge is 2.72. The van der Waals surface area contributed by atoms with Crippen LogP contribution in [0, 0.1) is 70.0 Å². The van der Waals surface area contributed by atoms with E-state index in [9.17, 15) is 25.2 Å². The van der Waals surface area contributed by atoms with Gasteiger partial charge in [-0.2, -0.15) is 0 Å².